The number of hydrogen-bond donors (Lipinski definition) is 1. The zero-order chi connectivity index (χ0) is 7.49. The van der Waals surface area contributed by atoms with Crippen LogP contribution in [-0.4, -0.2) is 11.8 Å². The second-order valence-electron chi connectivity index (χ2n) is 3.18. The molecule has 0 radical (unpaired) electrons. The normalized spacial score (nSPS) is 14.1. The van der Waals surface area contributed by atoms with Crippen molar-refractivity contribution in [2.24, 2.45) is 5.73 Å². The lowest BCUT2D eigenvalue weighted by atomic mass is 10.2. The van der Waals surface area contributed by atoms with E-state index in [-0.39, 0.29) is 24.2 Å². The topological polar surface area (TPSA) is 35.2 Å². The van der Waals surface area contributed by atoms with Gasteiger partial charge < -0.3 is 10.5 Å². The third-order valence-electron chi connectivity index (χ3n) is 0.907. The van der Waals surface area contributed by atoms with Crippen molar-refractivity contribution in [2.45, 2.75) is 45.9 Å². The number of hydrogen-bond acceptors (Lipinski definition) is 2. The van der Waals surface area contributed by atoms with Gasteiger partial charge in [0.25, 0.3) is 0 Å². The van der Waals surface area contributed by atoms with Crippen molar-refractivity contribution < 1.29 is 4.74 Å². The quantitative estimate of drug-likeness (QED) is 0.638. The van der Waals surface area contributed by atoms with Gasteiger partial charge in [-0.05, 0) is 27.2 Å². The lowest BCUT2D eigenvalue weighted by molar-refractivity contribution is -0.0578. The Hall–Kier alpha value is 0.210. The molecular formula is C7H18ClNO. The smallest absolute Gasteiger partial charge is 0.106 e. The lowest BCUT2D eigenvalue weighted by Crippen LogP contribution is -2.32. The Bertz CT molecular complexity index is 80.2. The molecule has 0 spiro atoms. The van der Waals surface area contributed by atoms with Gasteiger partial charge in [-0.2, -0.15) is 0 Å². The van der Waals surface area contributed by atoms with E-state index in [1.54, 1.807) is 0 Å². The van der Waals surface area contributed by atoms with Gasteiger partial charge >= 0.3 is 0 Å². The summed E-state index contributed by atoms with van der Waals surface area (Å²) in [5, 5.41) is 0. The van der Waals surface area contributed by atoms with Gasteiger partial charge in [0, 0.05) is 0 Å². The van der Waals surface area contributed by atoms with Crippen molar-refractivity contribution in [3.63, 3.8) is 0 Å². The van der Waals surface area contributed by atoms with Crippen LogP contribution in [0.15, 0.2) is 0 Å². The highest BCUT2D eigenvalue weighted by atomic mass is 35.5. The molecule has 1 unspecified atom stereocenters. The van der Waals surface area contributed by atoms with Crippen LogP contribution in [0.5, 0.6) is 0 Å². The molecule has 0 rings (SSSR count). The van der Waals surface area contributed by atoms with Gasteiger partial charge in [-0.1, -0.05) is 6.92 Å². The summed E-state index contributed by atoms with van der Waals surface area (Å²) >= 11 is 0. The summed E-state index contributed by atoms with van der Waals surface area (Å²) in [5.74, 6) is 0. The first-order valence-corrected chi connectivity index (χ1v) is 3.39. The Kier molecular flexibility index (Phi) is 6.35. The molecule has 0 bridgehead atoms. The van der Waals surface area contributed by atoms with Crippen molar-refractivity contribution >= 4 is 12.4 Å². The largest absolute Gasteiger partial charge is 0.358 e. The Balaban J connectivity index is 0. The Morgan fingerprint density at radius 3 is 1.90 bits per heavy atom. The van der Waals surface area contributed by atoms with E-state index in [0.717, 1.165) is 6.42 Å². The van der Waals surface area contributed by atoms with Gasteiger partial charge in [-0.25, -0.2) is 0 Å². The summed E-state index contributed by atoms with van der Waals surface area (Å²) in [6.45, 7) is 8.02. The average Bonchev–Trinajstić information content (AvgIpc) is 1.62. The molecule has 0 aliphatic carbocycles. The van der Waals surface area contributed by atoms with Gasteiger partial charge in [0.05, 0.1) is 5.60 Å². The fourth-order valence-electron chi connectivity index (χ4n) is 0.537. The SMILES string of the molecule is CCC(N)OC(C)(C)C.Cl. The number of ether oxygens (including phenoxy) is 1. The van der Waals surface area contributed by atoms with Gasteiger partial charge in [0.2, 0.25) is 0 Å². The minimum Gasteiger partial charge on any atom is -0.358 e. The summed E-state index contributed by atoms with van der Waals surface area (Å²) in [6.07, 6.45) is 0.766. The third kappa shape index (κ3) is 8.21. The first-order valence-electron chi connectivity index (χ1n) is 3.39. The molecule has 0 aliphatic rings. The van der Waals surface area contributed by atoms with E-state index in [4.69, 9.17) is 10.5 Å². The van der Waals surface area contributed by atoms with Crippen molar-refractivity contribution in [3.8, 4) is 0 Å². The van der Waals surface area contributed by atoms with E-state index >= 15 is 0 Å². The molecule has 0 saturated carbocycles. The molecule has 0 saturated heterocycles. The van der Waals surface area contributed by atoms with Crippen LogP contribution in [-0.2, 0) is 4.74 Å². The van der Waals surface area contributed by atoms with Crippen LogP contribution in [0.2, 0.25) is 0 Å². The standard InChI is InChI=1S/C7H17NO.ClH/c1-5-6(8)9-7(2,3)4;/h6H,5,8H2,1-4H3;1H. The molecule has 2 nitrogen and oxygen atoms in total. The maximum Gasteiger partial charge on any atom is 0.106 e. The molecule has 0 fully saturated rings. The second kappa shape index (κ2) is 4.94. The molecule has 0 aliphatic heterocycles. The fraction of sp³-hybridized carbons (Fsp3) is 1.00. The Morgan fingerprint density at radius 1 is 1.40 bits per heavy atom. The molecule has 0 aromatic rings. The van der Waals surface area contributed by atoms with E-state index in [2.05, 4.69) is 0 Å². The third-order valence-corrected chi connectivity index (χ3v) is 0.907. The first-order chi connectivity index (χ1) is 3.95. The Labute approximate surface area is 69.5 Å². The fourth-order valence-corrected chi connectivity index (χ4v) is 0.537. The highest BCUT2D eigenvalue weighted by molar-refractivity contribution is 5.85. The predicted octanol–water partition coefficient (Wildman–Crippen LogP) is 1.92. The molecule has 10 heavy (non-hydrogen) atoms. The van der Waals surface area contributed by atoms with Crippen LogP contribution in [0.25, 0.3) is 0 Å². The summed E-state index contributed by atoms with van der Waals surface area (Å²) in [5.41, 5.74) is 5.44. The van der Waals surface area contributed by atoms with Crippen LogP contribution in [0.4, 0.5) is 0 Å². The van der Waals surface area contributed by atoms with Crippen LogP contribution in [0.1, 0.15) is 34.1 Å². The van der Waals surface area contributed by atoms with Gasteiger partial charge in [-0.15, -0.1) is 12.4 Å². The zero-order valence-corrected chi connectivity index (χ0v) is 7.99. The van der Waals surface area contributed by atoms with E-state index in [1.807, 2.05) is 27.7 Å². The number of nitrogens with two attached hydrogens (primary N) is 1. The summed E-state index contributed by atoms with van der Waals surface area (Å²) in [7, 11) is 0. The molecular weight excluding hydrogens is 150 g/mol. The van der Waals surface area contributed by atoms with Crippen molar-refractivity contribution in [1.29, 1.82) is 0 Å². The van der Waals surface area contributed by atoms with Crippen LogP contribution >= 0.6 is 12.4 Å². The van der Waals surface area contributed by atoms with Crippen LogP contribution in [0, 0.1) is 0 Å². The summed E-state index contributed by atoms with van der Waals surface area (Å²) in [4.78, 5) is 0. The first kappa shape index (κ1) is 12.8. The van der Waals surface area contributed by atoms with Crippen LogP contribution in [0.3, 0.4) is 0 Å². The zero-order valence-electron chi connectivity index (χ0n) is 7.18. The lowest BCUT2D eigenvalue weighted by Gasteiger charge is -2.23. The highest BCUT2D eigenvalue weighted by Crippen LogP contribution is 2.09. The van der Waals surface area contributed by atoms with E-state index in [0.29, 0.717) is 0 Å². The minimum atomic E-state index is -0.106. The summed E-state index contributed by atoms with van der Waals surface area (Å²) < 4.78 is 5.36. The monoisotopic (exact) mass is 167 g/mol. The average molecular weight is 168 g/mol. The van der Waals surface area contributed by atoms with E-state index in [1.165, 1.54) is 0 Å². The number of rotatable bonds is 2. The molecule has 0 amide bonds. The maximum absolute atomic E-state index is 5.54. The second-order valence-corrected chi connectivity index (χ2v) is 3.18. The molecule has 0 aromatic heterocycles. The number of halogens is 1. The van der Waals surface area contributed by atoms with Crippen molar-refractivity contribution in [3.05, 3.63) is 0 Å². The van der Waals surface area contributed by atoms with Crippen molar-refractivity contribution in [2.75, 3.05) is 0 Å². The molecule has 1 atom stereocenters. The molecule has 3 heteroatoms. The highest BCUT2D eigenvalue weighted by Gasteiger charge is 2.13. The summed E-state index contributed by atoms with van der Waals surface area (Å²) in [6, 6.07) is 0. The predicted molar refractivity (Wildman–Crippen MR) is 46.4 cm³/mol. The van der Waals surface area contributed by atoms with Gasteiger partial charge in [0.1, 0.15) is 6.23 Å². The van der Waals surface area contributed by atoms with E-state index in [9.17, 15) is 0 Å². The molecule has 2 N–H and O–H groups in total. The minimum absolute atomic E-state index is 0. The van der Waals surface area contributed by atoms with E-state index < -0.39 is 0 Å². The molecule has 0 aromatic carbocycles. The van der Waals surface area contributed by atoms with Crippen molar-refractivity contribution in [1.82, 2.24) is 0 Å². The Morgan fingerprint density at radius 2 is 1.80 bits per heavy atom. The molecule has 64 valence electrons. The maximum atomic E-state index is 5.54. The molecule has 0 heterocycles. The van der Waals surface area contributed by atoms with Crippen LogP contribution < -0.4 is 5.73 Å². The van der Waals surface area contributed by atoms with Gasteiger partial charge in [0.15, 0.2) is 0 Å². The van der Waals surface area contributed by atoms with Gasteiger partial charge in [-0.3, -0.25) is 0 Å².